The first-order valence-electron chi connectivity index (χ1n) is 14.5. The lowest BCUT2D eigenvalue weighted by Gasteiger charge is -2.47. The summed E-state index contributed by atoms with van der Waals surface area (Å²) < 4.78 is 5.53. The number of hydrogen-bond donors (Lipinski definition) is 2. The highest BCUT2D eigenvalue weighted by Gasteiger charge is 2.38. The number of nitrogens with one attached hydrogen (secondary N) is 1. The minimum Gasteiger partial charge on any atom is -0.478 e. The molecule has 0 spiro atoms. The van der Waals surface area contributed by atoms with E-state index in [-0.39, 0.29) is 17.4 Å². The lowest BCUT2D eigenvalue weighted by molar-refractivity contribution is 0.0506. The van der Waals surface area contributed by atoms with Crippen molar-refractivity contribution < 1.29 is 19.4 Å². The molecule has 1 aromatic carbocycles. The summed E-state index contributed by atoms with van der Waals surface area (Å²) in [4.78, 5) is 43.4. The minimum absolute atomic E-state index is 0.0843. The molecule has 1 fully saturated rings. The van der Waals surface area contributed by atoms with Crippen molar-refractivity contribution in [3.8, 4) is 0 Å². The zero-order valence-corrected chi connectivity index (χ0v) is 25.3. The Hall–Kier alpha value is -4.05. The van der Waals surface area contributed by atoms with Gasteiger partial charge in [0.15, 0.2) is 0 Å². The second kappa shape index (κ2) is 11.7. The maximum atomic E-state index is 13.8. The van der Waals surface area contributed by atoms with Gasteiger partial charge in [-0.3, -0.25) is 4.79 Å². The monoisotopic (exact) mass is 572 g/mol. The maximum Gasteiger partial charge on any atom is 0.337 e. The molecule has 0 aliphatic carbocycles. The van der Waals surface area contributed by atoms with Crippen LogP contribution in [0.5, 0.6) is 0 Å². The van der Waals surface area contributed by atoms with Gasteiger partial charge in [0.1, 0.15) is 17.3 Å². The molecule has 222 valence electrons. The van der Waals surface area contributed by atoms with Crippen LogP contribution in [0.4, 0.5) is 11.6 Å². The van der Waals surface area contributed by atoms with Gasteiger partial charge in [-0.05, 0) is 68.4 Å². The van der Waals surface area contributed by atoms with E-state index in [0.717, 1.165) is 17.9 Å². The van der Waals surface area contributed by atoms with Crippen molar-refractivity contribution in [2.75, 3.05) is 36.4 Å². The van der Waals surface area contributed by atoms with Gasteiger partial charge in [-0.2, -0.15) is 0 Å². The zero-order valence-electron chi connectivity index (χ0n) is 25.3. The smallest absolute Gasteiger partial charge is 0.337 e. The number of anilines is 2. The normalized spacial score (nSPS) is 16.1. The average molecular weight is 573 g/mol. The van der Waals surface area contributed by atoms with Crippen LogP contribution in [0.3, 0.4) is 0 Å². The Morgan fingerprint density at radius 2 is 1.86 bits per heavy atom. The Morgan fingerprint density at radius 3 is 2.55 bits per heavy atom. The third-order valence-electron chi connectivity index (χ3n) is 8.13. The molecule has 2 aliphatic rings. The minimum atomic E-state index is -0.975. The third kappa shape index (κ3) is 5.94. The van der Waals surface area contributed by atoms with Crippen LogP contribution in [0.1, 0.15) is 88.1 Å². The van der Waals surface area contributed by atoms with Crippen LogP contribution in [-0.2, 0) is 24.4 Å². The van der Waals surface area contributed by atoms with Crippen LogP contribution >= 0.6 is 0 Å². The molecule has 42 heavy (non-hydrogen) atoms. The van der Waals surface area contributed by atoms with Crippen molar-refractivity contribution in [2.24, 2.45) is 0 Å². The molecule has 3 aromatic rings. The SMILES string of the molecule is Cc1cc(N2CCN(C(=O)c3cnc(NCCc4ccc5c(c4)COC5)c(C(C)C)n3)C(C)(C)C2)nc(C)c1C(=O)O. The molecule has 10 nitrogen and oxygen atoms in total. The summed E-state index contributed by atoms with van der Waals surface area (Å²) >= 11 is 0. The number of carbonyl (C=O) groups is 2. The number of aromatic carboxylic acids is 1. The number of carbonyl (C=O) groups excluding carboxylic acids is 1. The van der Waals surface area contributed by atoms with E-state index in [4.69, 9.17) is 9.72 Å². The summed E-state index contributed by atoms with van der Waals surface area (Å²) in [7, 11) is 0. The summed E-state index contributed by atoms with van der Waals surface area (Å²) in [6, 6.07) is 8.32. The lowest BCUT2D eigenvalue weighted by Crippen LogP contribution is -2.61. The summed E-state index contributed by atoms with van der Waals surface area (Å²) in [6.45, 7) is 15.4. The number of carboxylic acid groups (broad SMARTS) is 1. The standard InChI is InChI=1S/C32H40N6O4/c1-19(2)28-29(33-10-9-22-7-8-23-16-42-17-24(23)14-22)34-15-25(36-28)30(39)38-12-11-37(18-32(38,5)6)26-13-20(3)27(31(40)41)21(4)35-26/h7-8,13-15,19H,9-12,16-18H2,1-6H3,(H,33,34)(H,40,41). The van der Waals surface area contributed by atoms with Gasteiger partial charge in [0.25, 0.3) is 5.91 Å². The van der Waals surface area contributed by atoms with Crippen LogP contribution in [0.2, 0.25) is 0 Å². The number of fused-ring (bicyclic) bond motifs is 1. The Balaban J connectivity index is 1.27. The summed E-state index contributed by atoms with van der Waals surface area (Å²) in [5.74, 6) is 0.388. The van der Waals surface area contributed by atoms with E-state index in [1.165, 1.54) is 16.7 Å². The summed E-state index contributed by atoms with van der Waals surface area (Å²) in [5, 5.41) is 12.9. The Labute approximate surface area is 247 Å². The fourth-order valence-corrected chi connectivity index (χ4v) is 5.91. The third-order valence-corrected chi connectivity index (χ3v) is 8.13. The highest BCUT2D eigenvalue weighted by atomic mass is 16.5. The molecule has 4 heterocycles. The highest BCUT2D eigenvalue weighted by Crippen LogP contribution is 2.29. The Bertz CT molecular complexity index is 1500. The molecule has 2 aliphatic heterocycles. The number of piperazine rings is 1. The quantitative estimate of drug-likeness (QED) is 0.394. The van der Waals surface area contributed by atoms with E-state index >= 15 is 0 Å². The summed E-state index contributed by atoms with van der Waals surface area (Å²) in [6.07, 6.45) is 2.42. The molecule has 5 rings (SSSR count). The number of ether oxygens (including phenoxy) is 1. The second-order valence-corrected chi connectivity index (χ2v) is 12.2. The zero-order chi connectivity index (χ0) is 30.2. The van der Waals surface area contributed by atoms with Gasteiger partial charge in [-0.25, -0.2) is 19.7 Å². The van der Waals surface area contributed by atoms with Gasteiger partial charge in [-0.15, -0.1) is 0 Å². The maximum absolute atomic E-state index is 13.8. The van der Waals surface area contributed by atoms with Crippen LogP contribution in [0, 0.1) is 13.8 Å². The molecule has 1 saturated heterocycles. The lowest BCUT2D eigenvalue weighted by atomic mass is 9.97. The molecule has 0 radical (unpaired) electrons. The van der Waals surface area contributed by atoms with E-state index in [0.29, 0.717) is 62.2 Å². The largest absolute Gasteiger partial charge is 0.478 e. The summed E-state index contributed by atoms with van der Waals surface area (Å²) in [5.41, 5.74) is 5.77. The van der Waals surface area contributed by atoms with E-state index in [2.05, 4.69) is 52.2 Å². The first-order valence-corrected chi connectivity index (χ1v) is 14.5. The van der Waals surface area contributed by atoms with E-state index < -0.39 is 11.5 Å². The number of benzene rings is 1. The molecule has 10 heteroatoms. The van der Waals surface area contributed by atoms with Gasteiger partial charge in [0, 0.05) is 26.2 Å². The molecule has 0 bridgehead atoms. The van der Waals surface area contributed by atoms with Crippen LogP contribution < -0.4 is 10.2 Å². The number of carboxylic acids is 1. The van der Waals surface area contributed by atoms with E-state index in [1.807, 2.05) is 24.8 Å². The van der Waals surface area contributed by atoms with Crippen molar-refractivity contribution in [1.82, 2.24) is 19.9 Å². The molecular formula is C32H40N6O4. The van der Waals surface area contributed by atoms with Gasteiger partial charge in [0.05, 0.1) is 41.9 Å². The van der Waals surface area contributed by atoms with Crippen LogP contribution in [-0.4, -0.2) is 68.6 Å². The number of aryl methyl sites for hydroxylation is 2. The van der Waals surface area contributed by atoms with Gasteiger partial charge in [-0.1, -0.05) is 32.0 Å². The van der Waals surface area contributed by atoms with Crippen molar-refractivity contribution in [3.05, 3.63) is 75.4 Å². The molecule has 2 aromatic heterocycles. The molecular weight excluding hydrogens is 532 g/mol. The van der Waals surface area contributed by atoms with Crippen LogP contribution in [0.25, 0.3) is 0 Å². The molecule has 2 N–H and O–H groups in total. The number of nitrogens with zero attached hydrogens (tertiary/aromatic N) is 5. The predicted octanol–water partition coefficient (Wildman–Crippen LogP) is 4.74. The number of amides is 1. The predicted molar refractivity (Wildman–Crippen MR) is 161 cm³/mol. The van der Waals surface area contributed by atoms with Crippen molar-refractivity contribution in [1.29, 1.82) is 0 Å². The van der Waals surface area contributed by atoms with Gasteiger partial charge in [0.2, 0.25) is 0 Å². The molecule has 0 atom stereocenters. The topological polar surface area (TPSA) is 121 Å². The first-order chi connectivity index (χ1) is 19.9. The Kier molecular flexibility index (Phi) is 8.19. The number of pyridine rings is 1. The Morgan fingerprint density at radius 1 is 1.10 bits per heavy atom. The fraction of sp³-hybridized carbons (Fsp3) is 0.469. The van der Waals surface area contributed by atoms with Crippen molar-refractivity contribution >= 4 is 23.5 Å². The van der Waals surface area contributed by atoms with Gasteiger partial charge >= 0.3 is 5.97 Å². The number of hydrogen-bond acceptors (Lipinski definition) is 8. The highest BCUT2D eigenvalue weighted by molar-refractivity contribution is 5.93. The number of aromatic nitrogens is 3. The van der Waals surface area contributed by atoms with Crippen molar-refractivity contribution in [3.63, 3.8) is 0 Å². The molecule has 1 amide bonds. The fourth-order valence-electron chi connectivity index (χ4n) is 5.91. The van der Waals surface area contributed by atoms with E-state index in [9.17, 15) is 14.7 Å². The van der Waals surface area contributed by atoms with E-state index in [1.54, 1.807) is 20.0 Å². The van der Waals surface area contributed by atoms with Gasteiger partial charge < -0.3 is 25.0 Å². The number of rotatable bonds is 8. The first kappa shape index (κ1) is 29.4. The van der Waals surface area contributed by atoms with Crippen molar-refractivity contribution in [2.45, 2.75) is 72.6 Å². The molecule has 0 saturated carbocycles. The molecule has 0 unspecified atom stereocenters. The second-order valence-electron chi connectivity index (χ2n) is 12.2. The average Bonchev–Trinajstić information content (AvgIpc) is 3.39. The van der Waals surface area contributed by atoms with Crippen LogP contribution in [0.15, 0.2) is 30.5 Å².